The maximum Gasteiger partial charge on any atom is 0.110 e. The highest BCUT2D eigenvalue weighted by molar-refractivity contribution is 4.79. The number of ether oxygens (including phenoxy) is 3. The molecule has 1 aliphatic heterocycles. The average molecular weight is 184 g/mol. The van der Waals surface area contributed by atoms with Gasteiger partial charge in [0, 0.05) is 0 Å². The number of hydrogen-bond acceptors (Lipinski definition) is 3. The Morgan fingerprint density at radius 1 is 1.08 bits per heavy atom. The fourth-order valence-corrected chi connectivity index (χ4v) is 1.21. The van der Waals surface area contributed by atoms with Crippen LogP contribution in [0.2, 0.25) is 0 Å². The van der Waals surface area contributed by atoms with Gasteiger partial charge in [0.2, 0.25) is 0 Å². The molecule has 1 aliphatic rings. The highest BCUT2D eigenvalue weighted by Gasteiger charge is 2.29. The van der Waals surface area contributed by atoms with Gasteiger partial charge in [0.1, 0.15) is 12.2 Å². The Labute approximate surface area is 79.0 Å². The molecule has 13 heavy (non-hydrogen) atoms. The largest absolute Gasteiger partial charge is 0.376 e. The minimum Gasteiger partial charge on any atom is -0.376 e. The van der Waals surface area contributed by atoms with Crippen molar-refractivity contribution in [2.45, 2.75) is 12.2 Å². The van der Waals surface area contributed by atoms with E-state index < -0.39 is 0 Å². The van der Waals surface area contributed by atoms with Gasteiger partial charge in [-0.25, -0.2) is 0 Å². The van der Waals surface area contributed by atoms with E-state index in [0.29, 0.717) is 26.4 Å². The maximum atomic E-state index is 5.46. The summed E-state index contributed by atoms with van der Waals surface area (Å²) in [5.74, 6) is 0. The van der Waals surface area contributed by atoms with Gasteiger partial charge < -0.3 is 14.2 Å². The molecule has 1 heterocycles. The van der Waals surface area contributed by atoms with Gasteiger partial charge in [-0.15, -0.1) is 13.2 Å². The second-order valence-corrected chi connectivity index (χ2v) is 2.86. The van der Waals surface area contributed by atoms with Crippen molar-refractivity contribution in [3.63, 3.8) is 0 Å². The van der Waals surface area contributed by atoms with Crippen molar-refractivity contribution in [2.24, 2.45) is 0 Å². The molecule has 3 heteroatoms. The highest BCUT2D eigenvalue weighted by Crippen LogP contribution is 2.13. The molecule has 0 aliphatic carbocycles. The zero-order valence-corrected chi connectivity index (χ0v) is 7.78. The Morgan fingerprint density at radius 3 is 1.92 bits per heavy atom. The van der Waals surface area contributed by atoms with Crippen molar-refractivity contribution < 1.29 is 14.2 Å². The van der Waals surface area contributed by atoms with Crippen LogP contribution in [0.15, 0.2) is 25.3 Å². The van der Waals surface area contributed by atoms with E-state index in [1.165, 1.54) is 0 Å². The molecule has 1 saturated heterocycles. The molecule has 1 fully saturated rings. The predicted molar refractivity (Wildman–Crippen MR) is 50.7 cm³/mol. The first-order valence-electron chi connectivity index (χ1n) is 4.41. The Balaban J connectivity index is 2.25. The van der Waals surface area contributed by atoms with Gasteiger partial charge in [-0.3, -0.25) is 0 Å². The van der Waals surface area contributed by atoms with Crippen molar-refractivity contribution in [3.8, 4) is 0 Å². The molecule has 0 aromatic carbocycles. The number of hydrogen-bond donors (Lipinski definition) is 0. The molecule has 0 aromatic rings. The summed E-state index contributed by atoms with van der Waals surface area (Å²) in [6.07, 6.45) is 3.53. The summed E-state index contributed by atoms with van der Waals surface area (Å²) in [7, 11) is 0. The lowest BCUT2D eigenvalue weighted by atomic mass is 10.2. The highest BCUT2D eigenvalue weighted by atomic mass is 16.6. The topological polar surface area (TPSA) is 27.7 Å². The SMILES string of the molecule is C=CCOC1COCC1OCC=C. The van der Waals surface area contributed by atoms with Crippen LogP contribution in [0.5, 0.6) is 0 Å². The van der Waals surface area contributed by atoms with E-state index in [1.807, 2.05) is 0 Å². The zero-order chi connectivity index (χ0) is 9.52. The van der Waals surface area contributed by atoms with Gasteiger partial charge in [0.05, 0.1) is 26.4 Å². The summed E-state index contributed by atoms with van der Waals surface area (Å²) < 4.78 is 16.2. The first-order valence-corrected chi connectivity index (χ1v) is 4.41. The van der Waals surface area contributed by atoms with Crippen molar-refractivity contribution >= 4 is 0 Å². The van der Waals surface area contributed by atoms with Gasteiger partial charge >= 0.3 is 0 Å². The van der Waals surface area contributed by atoms with Gasteiger partial charge in [0.25, 0.3) is 0 Å². The van der Waals surface area contributed by atoms with E-state index >= 15 is 0 Å². The molecule has 0 N–H and O–H groups in total. The van der Waals surface area contributed by atoms with E-state index in [4.69, 9.17) is 14.2 Å². The van der Waals surface area contributed by atoms with Gasteiger partial charge in [0.15, 0.2) is 0 Å². The summed E-state index contributed by atoms with van der Waals surface area (Å²) in [5.41, 5.74) is 0. The Morgan fingerprint density at radius 2 is 1.54 bits per heavy atom. The lowest BCUT2D eigenvalue weighted by Crippen LogP contribution is -2.30. The normalized spacial score (nSPS) is 27.4. The van der Waals surface area contributed by atoms with Gasteiger partial charge in [-0.1, -0.05) is 12.2 Å². The summed E-state index contributed by atoms with van der Waals surface area (Å²) in [6, 6.07) is 0. The quantitative estimate of drug-likeness (QED) is 0.580. The van der Waals surface area contributed by atoms with Gasteiger partial charge in [-0.05, 0) is 0 Å². The third-order valence-electron chi connectivity index (χ3n) is 1.84. The summed E-state index contributed by atoms with van der Waals surface area (Å²) in [6.45, 7) is 9.47. The van der Waals surface area contributed by atoms with E-state index in [2.05, 4.69) is 13.2 Å². The lowest BCUT2D eigenvalue weighted by molar-refractivity contribution is -0.0293. The Bertz CT molecular complexity index is 150. The average Bonchev–Trinajstić information content (AvgIpc) is 2.59. The molecular formula is C10H16O3. The van der Waals surface area contributed by atoms with Crippen LogP contribution in [0, 0.1) is 0 Å². The minimum absolute atomic E-state index is 0.0398. The van der Waals surface area contributed by atoms with E-state index in [-0.39, 0.29) is 12.2 Å². The third-order valence-corrected chi connectivity index (χ3v) is 1.84. The fourth-order valence-electron chi connectivity index (χ4n) is 1.21. The van der Waals surface area contributed by atoms with E-state index in [1.54, 1.807) is 12.2 Å². The second kappa shape index (κ2) is 5.91. The molecular weight excluding hydrogens is 168 g/mol. The molecule has 3 nitrogen and oxygen atoms in total. The molecule has 74 valence electrons. The van der Waals surface area contributed by atoms with Crippen molar-refractivity contribution in [3.05, 3.63) is 25.3 Å². The zero-order valence-electron chi connectivity index (χ0n) is 7.78. The Hall–Kier alpha value is -0.640. The molecule has 0 radical (unpaired) electrons. The Kier molecular flexibility index (Phi) is 4.75. The van der Waals surface area contributed by atoms with Crippen LogP contribution in [0.1, 0.15) is 0 Å². The molecule has 0 spiro atoms. The van der Waals surface area contributed by atoms with Crippen LogP contribution in [0.3, 0.4) is 0 Å². The second-order valence-electron chi connectivity index (χ2n) is 2.86. The maximum absolute atomic E-state index is 5.46. The molecule has 2 unspecified atom stereocenters. The molecule has 0 saturated carbocycles. The fraction of sp³-hybridized carbons (Fsp3) is 0.600. The molecule has 0 bridgehead atoms. The monoisotopic (exact) mass is 184 g/mol. The molecule has 2 atom stereocenters. The summed E-state index contributed by atoms with van der Waals surface area (Å²) in [5, 5.41) is 0. The van der Waals surface area contributed by atoms with Crippen molar-refractivity contribution in [2.75, 3.05) is 26.4 Å². The van der Waals surface area contributed by atoms with E-state index in [0.717, 1.165) is 0 Å². The summed E-state index contributed by atoms with van der Waals surface area (Å²) in [4.78, 5) is 0. The molecule has 0 amide bonds. The van der Waals surface area contributed by atoms with E-state index in [9.17, 15) is 0 Å². The van der Waals surface area contributed by atoms with Crippen LogP contribution >= 0.6 is 0 Å². The van der Waals surface area contributed by atoms with Crippen LogP contribution in [0.25, 0.3) is 0 Å². The summed E-state index contributed by atoms with van der Waals surface area (Å²) >= 11 is 0. The molecule has 1 rings (SSSR count). The lowest BCUT2D eigenvalue weighted by Gasteiger charge is -2.16. The van der Waals surface area contributed by atoms with Crippen molar-refractivity contribution in [1.29, 1.82) is 0 Å². The van der Waals surface area contributed by atoms with Crippen LogP contribution in [-0.4, -0.2) is 38.6 Å². The first kappa shape index (κ1) is 10.4. The van der Waals surface area contributed by atoms with Crippen LogP contribution in [0.4, 0.5) is 0 Å². The van der Waals surface area contributed by atoms with Crippen LogP contribution in [-0.2, 0) is 14.2 Å². The number of rotatable bonds is 6. The van der Waals surface area contributed by atoms with Crippen LogP contribution < -0.4 is 0 Å². The molecule has 0 aromatic heterocycles. The smallest absolute Gasteiger partial charge is 0.110 e. The predicted octanol–water partition coefficient (Wildman–Crippen LogP) is 1.16. The van der Waals surface area contributed by atoms with Gasteiger partial charge in [-0.2, -0.15) is 0 Å². The standard InChI is InChI=1S/C10H16O3/c1-3-5-12-9-7-11-8-10(9)13-6-4-2/h3-4,9-10H,1-2,5-8H2. The van der Waals surface area contributed by atoms with Crippen molar-refractivity contribution in [1.82, 2.24) is 0 Å². The first-order chi connectivity index (χ1) is 6.38. The third kappa shape index (κ3) is 3.30. The minimum atomic E-state index is 0.0398.